The number of ether oxygens (including phenoxy) is 1. The first-order chi connectivity index (χ1) is 10.0. The quantitative estimate of drug-likeness (QED) is 0.662. The SMILES string of the molecule is COc1cc(C=NNC(=O)c2c(Cl)cnn2C)ccc1O. The van der Waals surface area contributed by atoms with Gasteiger partial charge >= 0.3 is 0 Å². The zero-order valence-corrected chi connectivity index (χ0v) is 12.1. The first kappa shape index (κ1) is 14.9. The zero-order chi connectivity index (χ0) is 15.4. The Morgan fingerprint density at radius 2 is 2.33 bits per heavy atom. The molecule has 1 aromatic heterocycles. The summed E-state index contributed by atoms with van der Waals surface area (Å²) in [7, 11) is 3.05. The summed E-state index contributed by atoms with van der Waals surface area (Å²) in [4.78, 5) is 11.9. The first-order valence-corrected chi connectivity index (χ1v) is 6.28. The van der Waals surface area contributed by atoms with Gasteiger partial charge in [0.25, 0.3) is 5.91 Å². The predicted molar refractivity (Wildman–Crippen MR) is 77.9 cm³/mol. The van der Waals surface area contributed by atoms with Crippen LogP contribution in [-0.4, -0.2) is 34.1 Å². The van der Waals surface area contributed by atoms with Gasteiger partial charge in [-0.3, -0.25) is 9.48 Å². The number of aromatic nitrogens is 2. The second-order valence-corrected chi connectivity index (χ2v) is 4.50. The molecule has 1 heterocycles. The molecule has 2 rings (SSSR count). The van der Waals surface area contributed by atoms with E-state index in [4.69, 9.17) is 16.3 Å². The van der Waals surface area contributed by atoms with Gasteiger partial charge in [-0.1, -0.05) is 11.6 Å². The fraction of sp³-hybridized carbons (Fsp3) is 0.154. The van der Waals surface area contributed by atoms with Crippen molar-refractivity contribution in [2.45, 2.75) is 0 Å². The van der Waals surface area contributed by atoms with Crippen LogP contribution in [0, 0.1) is 0 Å². The summed E-state index contributed by atoms with van der Waals surface area (Å²) < 4.78 is 6.33. The molecule has 110 valence electrons. The minimum Gasteiger partial charge on any atom is -0.504 e. The smallest absolute Gasteiger partial charge is 0.291 e. The summed E-state index contributed by atoms with van der Waals surface area (Å²) in [5, 5.41) is 17.4. The van der Waals surface area contributed by atoms with Gasteiger partial charge in [0.05, 0.1) is 24.5 Å². The molecule has 21 heavy (non-hydrogen) atoms. The normalized spacial score (nSPS) is 10.8. The molecule has 0 radical (unpaired) electrons. The van der Waals surface area contributed by atoms with Gasteiger partial charge in [-0.25, -0.2) is 5.43 Å². The number of hydrogen-bond acceptors (Lipinski definition) is 5. The first-order valence-electron chi connectivity index (χ1n) is 5.91. The fourth-order valence-electron chi connectivity index (χ4n) is 1.66. The number of amides is 1. The van der Waals surface area contributed by atoms with E-state index in [0.29, 0.717) is 11.3 Å². The van der Waals surface area contributed by atoms with Crippen molar-refractivity contribution in [3.8, 4) is 11.5 Å². The Bertz CT molecular complexity index is 677. The third-order valence-corrected chi connectivity index (χ3v) is 2.97. The summed E-state index contributed by atoms with van der Waals surface area (Å²) >= 11 is 5.85. The van der Waals surface area contributed by atoms with Crippen molar-refractivity contribution in [2.24, 2.45) is 12.1 Å². The van der Waals surface area contributed by atoms with Crippen LogP contribution in [0.3, 0.4) is 0 Å². The highest BCUT2D eigenvalue weighted by molar-refractivity contribution is 6.33. The monoisotopic (exact) mass is 308 g/mol. The van der Waals surface area contributed by atoms with E-state index in [0.717, 1.165) is 0 Å². The number of benzene rings is 1. The Balaban J connectivity index is 2.07. The van der Waals surface area contributed by atoms with E-state index in [9.17, 15) is 9.90 Å². The van der Waals surface area contributed by atoms with Gasteiger partial charge in [-0.2, -0.15) is 10.2 Å². The molecule has 0 bridgehead atoms. The molecule has 0 aliphatic rings. The van der Waals surface area contributed by atoms with Gasteiger partial charge in [0, 0.05) is 7.05 Å². The fourth-order valence-corrected chi connectivity index (χ4v) is 1.91. The molecule has 0 aliphatic heterocycles. The number of hydrazone groups is 1. The lowest BCUT2D eigenvalue weighted by molar-refractivity contribution is 0.0946. The van der Waals surface area contributed by atoms with E-state index < -0.39 is 5.91 Å². The zero-order valence-electron chi connectivity index (χ0n) is 11.4. The van der Waals surface area contributed by atoms with Gasteiger partial charge in [0.2, 0.25) is 0 Å². The Kier molecular flexibility index (Phi) is 4.44. The molecular weight excluding hydrogens is 296 g/mol. The molecule has 8 heteroatoms. The molecule has 0 saturated heterocycles. The molecule has 1 amide bonds. The lowest BCUT2D eigenvalue weighted by Gasteiger charge is -2.03. The van der Waals surface area contributed by atoms with Crippen molar-refractivity contribution in [1.82, 2.24) is 15.2 Å². The molecule has 0 fully saturated rings. The van der Waals surface area contributed by atoms with Crippen LogP contribution in [0.5, 0.6) is 11.5 Å². The molecule has 0 unspecified atom stereocenters. The number of nitrogens with zero attached hydrogens (tertiary/aromatic N) is 3. The van der Waals surface area contributed by atoms with Crippen LogP contribution in [0.4, 0.5) is 0 Å². The van der Waals surface area contributed by atoms with Crippen molar-refractivity contribution in [3.05, 3.63) is 40.7 Å². The highest BCUT2D eigenvalue weighted by Crippen LogP contribution is 2.25. The van der Waals surface area contributed by atoms with Crippen LogP contribution in [0.25, 0.3) is 0 Å². The number of phenols is 1. The van der Waals surface area contributed by atoms with E-state index in [-0.39, 0.29) is 16.5 Å². The lowest BCUT2D eigenvalue weighted by Crippen LogP contribution is -2.21. The third kappa shape index (κ3) is 3.32. The van der Waals surface area contributed by atoms with Gasteiger partial charge in [0.15, 0.2) is 11.5 Å². The molecule has 0 atom stereocenters. The Hall–Kier alpha value is -2.54. The van der Waals surface area contributed by atoms with Crippen LogP contribution in [0.2, 0.25) is 5.02 Å². The molecule has 2 N–H and O–H groups in total. The summed E-state index contributed by atoms with van der Waals surface area (Å²) in [6.07, 6.45) is 2.80. The van der Waals surface area contributed by atoms with E-state index in [2.05, 4.69) is 15.6 Å². The summed E-state index contributed by atoms with van der Waals surface area (Å²) in [5.41, 5.74) is 3.22. The summed E-state index contributed by atoms with van der Waals surface area (Å²) in [6, 6.07) is 4.69. The van der Waals surface area contributed by atoms with Crippen LogP contribution in [-0.2, 0) is 7.05 Å². The number of carbonyl (C=O) groups excluding carboxylic acids is 1. The lowest BCUT2D eigenvalue weighted by atomic mass is 10.2. The molecule has 1 aromatic carbocycles. The number of carbonyl (C=O) groups is 1. The number of methoxy groups -OCH3 is 1. The van der Waals surface area contributed by atoms with E-state index in [1.807, 2.05) is 0 Å². The van der Waals surface area contributed by atoms with Crippen LogP contribution in [0.1, 0.15) is 16.1 Å². The van der Waals surface area contributed by atoms with Gasteiger partial charge in [-0.15, -0.1) is 0 Å². The average Bonchev–Trinajstić information content (AvgIpc) is 2.80. The van der Waals surface area contributed by atoms with E-state index in [1.165, 1.54) is 30.3 Å². The van der Waals surface area contributed by atoms with Crippen molar-refractivity contribution in [2.75, 3.05) is 7.11 Å². The topological polar surface area (TPSA) is 88.7 Å². The van der Waals surface area contributed by atoms with E-state index in [1.54, 1.807) is 19.2 Å². The van der Waals surface area contributed by atoms with Crippen molar-refractivity contribution in [3.63, 3.8) is 0 Å². The van der Waals surface area contributed by atoms with Crippen LogP contribution >= 0.6 is 11.6 Å². The number of halogens is 1. The maximum absolute atomic E-state index is 11.9. The van der Waals surface area contributed by atoms with Gasteiger partial charge in [-0.05, 0) is 23.8 Å². The highest BCUT2D eigenvalue weighted by Gasteiger charge is 2.14. The third-order valence-electron chi connectivity index (χ3n) is 2.69. The molecule has 0 spiro atoms. The minimum absolute atomic E-state index is 0.0281. The maximum atomic E-state index is 11.9. The number of aromatic hydroxyl groups is 1. The Morgan fingerprint density at radius 3 is 2.95 bits per heavy atom. The second-order valence-electron chi connectivity index (χ2n) is 4.10. The number of aryl methyl sites for hydroxylation is 1. The molecule has 0 saturated carbocycles. The number of rotatable bonds is 4. The molecule has 7 nitrogen and oxygen atoms in total. The van der Waals surface area contributed by atoms with Crippen molar-refractivity contribution in [1.29, 1.82) is 0 Å². The van der Waals surface area contributed by atoms with Crippen molar-refractivity contribution < 1.29 is 14.6 Å². The standard InChI is InChI=1S/C13H13ClN4O3/c1-18-12(9(14)7-16-18)13(20)17-15-6-8-3-4-10(19)11(5-8)21-2/h3-7,19H,1-2H3,(H,17,20). The largest absolute Gasteiger partial charge is 0.504 e. The number of nitrogens with one attached hydrogen (secondary N) is 1. The highest BCUT2D eigenvalue weighted by atomic mass is 35.5. The second kappa shape index (κ2) is 6.27. The van der Waals surface area contributed by atoms with E-state index >= 15 is 0 Å². The Labute approximate surface area is 125 Å². The predicted octanol–water partition coefficient (Wildman–Crippen LogP) is 1.55. The maximum Gasteiger partial charge on any atom is 0.291 e. The average molecular weight is 309 g/mol. The number of phenolic OH excluding ortho intramolecular Hbond substituents is 1. The van der Waals surface area contributed by atoms with Crippen molar-refractivity contribution >= 4 is 23.7 Å². The van der Waals surface area contributed by atoms with Crippen LogP contribution in [0.15, 0.2) is 29.5 Å². The minimum atomic E-state index is -0.470. The summed E-state index contributed by atoms with van der Waals surface area (Å²) in [5.74, 6) is -0.123. The molecule has 2 aromatic rings. The Morgan fingerprint density at radius 1 is 1.57 bits per heavy atom. The molecular formula is C13H13ClN4O3. The van der Waals surface area contributed by atoms with Gasteiger partial charge in [0.1, 0.15) is 5.69 Å². The van der Waals surface area contributed by atoms with Crippen LogP contribution < -0.4 is 10.2 Å². The van der Waals surface area contributed by atoms with Gasteiger partial charge < -0.3 is 9.84 Å². The number of hydrogen-bond donors (Lipinski definition) is 2. The molecule has 0 aliphatic carbocycles. The summed E-state index contributed by atoms with van der Waals surface area (Å²) in [6.45, 7) is 0.